The van der Waals surface area contributed by atoms with Crippen LogP contribution in [0.25, 0.3) is 0 Å². The van der Waals surface area contributed by atoms with Crippen LogP contribution >= 0.6 is 15.9 Å². The number of aromatic nitrogens is 2. The van der Waals surface area contributed by atoms with Gasteiger partial charge in [0.1, 0.15) is 12.4 Å². The van der Waals surface area contributed by atoms with Gasteiger partial charge < -0.3 is 4.74 Å². The standard InChI is InChI=1S/C13H13BrN2O3/c1-15-9(7-12(17)16(2)13(15)18)8-19-11-6-4-3-5-10(11)14/h3-7H,8H2,1-2H3. The van der Waals surface area contributed by atoms with Crippen LogP contribution in [-0.4, -0.2) is 9.13 Å². The quantitative estimate of drug-likeness (QED) is 0.858. The Labute approximate surface area is 118 Å². The van der Waals surface area contributed by atoms with Gasteiger partial charge in [0, 0.05) is 20.2 Å². The second kappa shape index (κ2) is 5.44. The van der Waals surface area contributed by atoms with E-state index in [2.05, 4.69) is 15.9 Å². The lowest BCUT2D eigenvalue weighted by Gasteiger charge is -2.11. The molecule has 0 saturated carbocycles. The topological polar surface area (TPSA) is 53.2 Å². The van der Waals surface area contributed by atoms with Crippen LogP contribution in [0.4, 0.5) is 0 Å². The van der Waals surface area contributed by atoms with E-state index in [0.29, 0.717) is 11.4 Å². The second-order valence-corrected chi connectivity index (χ2v) is 4.95. The third-order valence-electron chi connectivity index (χ3n) is 2.84. The van der Waals surface area contributed by atoms with Crippen molar-refractivity contribution >= 4 is 15.9 Å². The fraction of sp³-hybridized carbons (Fsp3) is 0.231. The van der Waals surface area contributed by atoms with Crippen molar-refractivity contribution in [2.75, 3.05) is 0 Å². The second-order valence-electron chi connectivity index (χ2n) is 4.09. The smallest absolute Gasteiger partial charge is 0.330 e. The molecule has 5 nitrogen and oxygen atoms in total. The molecular weight excluding hydrogens is 312 g/mol. The summed E-state index contributed by atoms with van der Waals surface area (Å²) in [5.41, 5.74) is -0.170. The minimum absolute atomic E-state index is 0.157. The summed E-state index contributed by atoms with van der Waals surface area (Å²) in [6.07, 6.45) is 0. The lowest BCUT2D eigenvalue weighted by molar-refractivity contribution is 0.291. The van der Waals surface area contributed by atoms with E-state index in [0.717, 1.165) is 9.04 Å². The zero-order valence-corrected chi connectivity index (χ0v) is 12.2. The van der Waals surface area contributed by atoms with Crippen molar-refractivity contribution in [2.45, 2.75) is 6.61 Å². The van der Waals surface area contributed by atoms with Crippen molar-refractivity contribution in [1.82, 2.24) is 9.13 Å². The van der Waals surface area contributed by atoms with Crippen LogP contribution in [-0.2, 0) is 20.7 Å². The maximum Gasteiger partial charge on any atom is 0.330 e. The Balaban J connectivity index is 2.29. The summed E-state index contributed by atoms with van der Waals surface area (Å²) in [7, 11) is 3.06. The van der Waals surface area contributed by atoms with E-state index < -0.39 is 0 Å². The highest BCUT2D eigenvalue weighted by atomic mass is 79.9. The van der Waals surface area contributed by atoms with E-state index in [1.807, 2.05) is 24.3 Å². The van der Waals surface area contributed by atoms with Gasteiger partial charge in [0.2, 0.25) is 0 Å². The Morgan fingerprint density at radius 3 is 2.53 bits per heavy atom. The number of hydrogen-bond donors (Lipinski definition) is 0. The normalized spacial score (nSPS) is 10.5. The molecule has 100 valence electrons. The molecule has 0 bridgehead atoms. The van der Waals surface area contributed by atoms with Crippen molar-refractivity contribution in [3.05, 3.63) is 61.3 Å². The predicted molar refractivity (Wildman–Crippen MR) is 75.4 cm³/mol. The van der Waals surface area contributed by atoms with Gasteiger partial charge in [-0.15, -0.1) is 0 Å². The van der Waals surface area contributed by atoms with Crippen LogP contribution in [0, 0.1) is 0 Å². The highest BCUT2D eigenvalue weighted by molar-refractivity contribution is 9.10. The monoisotopic (exact) mass is 324 g/mol. The molecule has 19 heavy (non-hydrogen) atoms. The van der Waals surface area contributed by atoms with Crippen molar-refractivity contribution in [3.63, 3.8) is 0 Å². The Morgan fingerprint density at radius 1 is 1.16 bits per heavy atom. The van der Waals surface area contributed by atoms with Gasteiger partial charge in [-0.25, -0.2) is 4.79 Å². The molecule has 0 radical (unpaired) electrons. The van der Waals surface area contributed by atoms with Gasteiger partial charge in [-0.05, 0) is 28.1 Å². The van der Waals surface area contributed by atoms with Crippen molar-refractivity contribution in [3.8, 4) is 5.75 Å². The molecule has 0 N–H and O–H groups in total. The summed E-state index contributed by atoms with van der Waals surface area (Å²) < 4.78 is 8.88. The Kier molecular flexibility index (Phi) is 3.90. The van der Waals surface area contributed by atoms with Crippen molar-refractivity contribution in [1.29, 1.82) is 0 Å². The number of para-hydroxylation sites is 1. The average molecular weight is 325 g/mol. The number of nitrogens with zero attached hydrogens (tertiary/aromatic N) is 2. The van der Waals surface area contributed by atoms with Crippen LogP contribution in [0.3, 0.4) is 0 Å². The summed E-state index contributed by atoms with van der Waals surface area (Å²) in [4.78, 5) is 23.3. The first-order valence-corrected chi connectivity index (χ1v) is 6.43. The zero-order chi connectivity index (χ0) is 14.0. The molecule has 0 atom stereocenters. The molecule has 0 fully saturated rings. The van der Waals surface area contributed by atoms with Gasteiger partial charge in [-0.3, -0.25) is 13.9 Å². The van der Waals surface area contributed by atoms with E-state index >= 15 is 0 Å². The van der Waals surface area contributed by atoms with E-state index in [1.165, 1.54) is 17.7 Å². The van der Waals surface area contributed by atoms with Crippen LogP contribution in [0.1, 0.15) is 5.69 Å². The van der Waals surface area contributed by atoms with Gasteiger partial charge in [0.15, 0.2) is 0 Å². The minimum Gasteiger partial charge on any atom is -0.486 e. The van der Waals surface area contributed by atoms with Crippen LogP contribution in [0.5, 0.6) is 5.75 Å². The van der Waals surface area contributed by atoms with Crippen molar-refractivity contribution in [2.24, 2.45) is 14.1 Å². The molecule has 0 unspecified atom stereocenters. The van der Waals surface area contributed by atoms with E-state index in [1.54, 1.807) is 7.05 Å². The molecule has 0 aliphatic rings. The summed E-state index contributed by atoms with van der Waals surface area (Å²) in [5, 5.41) is 0. The molecule has 0 amide bonds. The number of ether oxygens (including phenoxy) is 1. The highest BCUT2D eigenvalue weighted by Gasteiger charge is 2.07. The number of halogens is 1. The molecule has 0 spiro atoms. The first-order valence-electron chi connectivity index (χ1n) is 5.64. The molecule has 0 aliphatic carbocycles. The third kappa shape index (κ3) is 2.78. The number of rotatable bonds is 3. The fourth-order valence-corrected chi connectivity index (χ4v) is 2.03. The lowest BCUT2D eigenvalue weighted by atomic mass is 10.3. The van der Waals surface area contributed by atoms with E-state index in [4.69, 9.17) is 4.74 Å². The Bertz CT molecular complexity index is 719. The van der Waals surface area contributed by atoms with Gasteiger partial charge in [0.05, 0.1) is 10.2 Å². The molecule has 1 heterocycles. The number of benzene rings is 1. The largest absolute Gasteiger partial charge is 0.486 e. The van der Waals surface area contributed by atoms with E-state index in [9.17, 15) is 9.59 Å². The van der Waals surface area contributed by atoms with Crippen LogP contribution < -0.4 is 16.0 Å². The summed E-state index contributed by atoms with van der Waals surface area (Å²) in [6.45, 7) is 0.157. The number of hydrogen-bond acceptors (Lipinski definition) is 3. The Hall–Kier alpha value is -1.82. The SMILES string of the molecule is Cn1c(COc2ccccc2Br)cc(=O)n(C)c1=O. The molecule has 2 rings (SSSR count). The summed E-state index contributed by atoms with van der Waals surface area (Å²) >= 11 is 3.37. The highest BCUT2D eigenvalue weighted by Crippen LogP contribution is 2.24. The van der Waals surface area contributed by atoms with Gasteiger partial charge in [0.25, 0.3) is 5.56 Å². The van der Waals surface area contributed by atoms with Crippen LogP contribution in [0.15, 0.2) is 44.4 Å². The molecule has 6 heteroatoms. The molecule has 2 aromatic rings. The maximum atomic E-state index is 11.7. The third-order valence-corrected chi connectivity index (χ3v) is 3.49. The Morgan fingerprint density at radius 2 is 1.84 bits per heavy atom. The average Bonchev–Trinajstić information content (AvgIpc) is 2.40. The predicted octanol–water partition coefficient (Wildman–Crippen LogP) is 1.43. The summed E-state index contributed by atoms with van der Waals surface area (Å²) in [6, 6.07) is 8.80. The molecule has 1 aromatic heterocycles. The molecule has 0 saturated heterocycles. The van der Waals surface area contributed by atoms with E-state index in [-0.39, 0.29) is 17.9 Å². The molecule has 0 aliphatic heterocycles. The zero-order valence-electron chi connectivity index (χ0n) is 10.6. The van der Waals surface area contributed by atoms with Crippen LogP contribution in [0.2, 0.25) is 0 Å². The van der Waals surface area contributed by atoms with Crippen molar-refractivity contribution < 1.29 is 4.74 Å². The molecule has 1 aromatic carbocycles. The first kappa shape index (κ1) is 13.6. The van der Waals surface area contributed by atoms with Gasteiger partial charge >= 0.3 is 5.69 Å². The van der Waals surface area contributed by atoms with Gasteiger partial charge in [-0.1, -0.05) is 12.1 Å². The molecular formula is C13H13BrN2O3. The maximum absolute atomic E-state index is 11.7. The lowest BCUT2D eigenvalue weighted by Crippen LogP contribution is -2.38. The summed E-state index contributed by atoms with van der Waals surface area (Å²) in [5.74, 6) is 0.663. The minimum atomic E-state index is -0.363. The van der Waals surface area contributed by atoms with Gasteiger partial charge in [-0.2, -0.15) is 0 Å². The first-order chi connectivity index (χ1) is 9.00. The fourth-order valence-electron chi connectivity index (χ4n) is 1.63.